The third-order valence-electron chi connectivity index (χ3n) is 2.58. The second kappa shape index (κ2) is 3.59. The van der Waals surface area contributed by atoms with Crippen molar-refractivity contribution in [3.05, 3.63) is 40.5 Å². The Kier molecular flexibility index (Phi) is 2.06. The number of rotatable bonds is 2. The SMILES string of the molecule is O=C(O)c1cn[nH]c1-c1ccc2[nH]c(=O)oc2c1. The molecule has 0 bridgehead atoms. The van der Waals surface area contributed by atoms with Gasteiger partial charge in [0.15, 0.2) is 5.58 Å². The first-order chi connectivity index (χ1) is 8.65. The van der Waals surface area contributed by atoms with Crippen LogP contribution in [-0.4, -0.2) is 26.3 Å². The number of aromatic carboxylic acids is 1. The second-order valence-corrected chi connectivity index (χ2v) is 3.69. The van der Waals surface area contributed by atoms with Gasteiger partial charge in [-0.1, -0.05) is 6.07 Å². The van der Waals surface area contributed by atoms with E-state index >= 15 is 0 Å². The predicted octanol–water partition coefficient (Wildman–Crippen LogP) is 1.21. The number of oxazole rings is 1. The van der Waals surface area contributed by atoms with Gasteiger partial charge >= 0.3 is 11.7 Å². The van der Waals surface area contributed by atoms with E-state index < -0.39 is 11.7 Å². The van der Waals surface area contributed by atoms with Gasteiger partial charge in [-0.15, -0.1) is 0 Å². The van der Waals surface area contributed by atoms with Gasteiger partial charge in [0.2, 0.25) is 0 Å². The lowest BCUT2D eigenvalue weighted by Gasteiger charge is -1.99. The van der Waals surface area contributed by atoms with Crippen LogP contribution < -0.4 is 5.76 Å². The Hall–Kier alpha value is -2.83. The van der Waals surface area contributed by atoms with Crippen molar-refractivity contribution in [2.75, 3.05) is 0 Å². The number of carbonyl (C=O) groups is 1. The molecular formula is C11H7N3O4. The number of fused-ring (bicyclic) bond motifs is 1. The molecule has 2 aromatic heterocycles. The number of H-pyrrole nitrogens is 2. The Morgan fingerprint density at radius 2 is 2.22 bits per heavy atom. The summed E-state index contributed by atoms with van der Waals surface area (Å²) in [4.78, 5) is 24.5. The van der Waals surface area contributed by atoms with Gasteiger partial charge < -0.3 is 9.52 Å². The molecule has 7 nitrogen and oxygen atoms in total. The topological polar surface area (TPSA) is 112 Å². The van der Waals surface area contributed by atoms with Crippen molar-refractivity contribution >= 4 is 17.1 Å². The normalized spacial score (nSPS) is 10.9. The number of benzene rings is 1. The minimum absolute atomic E-state index is 0.0623. The number of carboxylic acids is 1. The van der Waals surface area contributed by atoms with E-state index in [1.165, 1.54) is 6.20 Å². The van der Waals surface area contributed by atoms with Gasteiger partial charge in [-0.25, -0.2) is 9.59 Å². The van der Waals surface area contributed by atoms with E-state index in [2.05, 4.69) is 15.2 Å². The molecule has 18 heavy (non-hydrogen) atoms. The third kappa shape index (κ3) is 1.49. The smallest absolute Gasteiger partial charge is 0.417 e. The Morgan fingerprint density at radius 3 is 3.00 bits per heavy atom. The Morgan fingerprint density at radius 1 is 1.39 bits per heavy atom. The molecule has 0 unspecified atom stereocenters. The van der Waals surface area contributed by atoms with Gasteiger partial charge in [-0.05, 0) is 12.1 Å². The van der Waals surface area contributed by atoms with E-state index in [9.17, 15) is 9.59 Å². The lowest BCUT2D eigenvalue weighted by atomic mass is 10.1. The first kappa shape index (κ1) is 10.3. The van der Waals surface area contributed by atoms with Crippen LogP contribution in [0.2, 0.25) is 0 Å². The maximum absolute atomic E-state index is 11.0. The van der Waals surface area contributed by atoms with Crippen molar-refractivity contribution in [2.45, 2.75) is 0 Å². The van der Waals surface area contributed by atoms with Gasteiger partial charge in [-0.3, -0.25) is 10.1 Å². The van der Waals surface area contributed by atoms with Crippen LogP contribution in [0.1, 0.15) is 10.4 Å². The highest BCUT2D eigenvalue weighted by atomic mass is 16.4. The standard InChI is InChI=1S/C11H7N3O4/c15-10(16)6-4-12-14-9(6)5-1-2-7-8(3-5)18-11(17)13-7/h1-4H,(H,12,14)(H,13,17)(H,15,16). The van der Waals surface area contributed by atoms with Crippen molar-refractivity contribution in [1.82, 2.24) is 15.2 Å². The molecule has 0 fully saturated rings. The molecule has 0 amide bonds. The molecule has 0 aliphatic heterocycles. The molecule has 2 heterocycles. The van der Waals surface area contributed by atoms with Gasteiger partial charge in [0.05, 0.1) is 17.4 Å². The van der Waals surface area contributed by atoms with Crippen LogP contribution in [0.15, 0.2) is 33.6 Å². The second-order valence-electron chi connectivity index (χ2n) is 3.69. The highest BCUT2D eigenvalue weighted by Gasteiger charge is 2.14. The fourth-order valence-electron chi connectivity index (χ4n) is 1.77. The van der Waals surface area contributed by atoms with E-state index in [0.717, 1.165) is 0 Å². The zero-order valence-electron chi connectivity index (χ0n) is 8.93. The number of aromatic amines is 2. The summed E-state index contributed by atoms with van der Waals surface area (Å²) in [6.45, 7) is 0. The van der Waals surface area contributed by atoms with E-state index in [-0.39, 0.29) is 5.56 Å². The summed E-state index contributed by atoms with van der Waals surface area (Å²) >= 11 is 0. The molecule has 0 radical (unpaired) electrons. The highest BCUT2D eigenvalue weighted by Crippen LogP contribution is 2.24. The minimum atomic E-state index is -1.07. The van der Waals surface area contributed by atoms with Crippen LogP contribution in [0.25, 0.3) is 22.4 Å². The van der Waals surface area contributed by atoms with Gasteiger partial charge in [0.1, 0.15) is 5.56 Å². The molecular weight excluding hydrogens is 238 g/mol. The van der Waals surface area contributed by atoms with Crippen LogP contribution in [0, 0.1) is 0 Å². The average molecular weight is 245 g/mol. The molecule has 0 spiro atoms. The summed E-state index contributed by atoms with van der Waals surface area (Å²) in [6.07, 6.45) is 1.23. The summed E-state index contributed by atoms with van der Waals surface area (Å²) < 4.78 is 4.91. The number of carboxylic acid groups (broad SMARTS) is 1. The van der Waals surface area contributed by atoms with Crippen LogP contribution >= 0.6 is 0 Å². The molecule has 3 rings (SSSR count). The van der Waals surface area contributed by atoms with Gasteiger partial charge in [-0.2, -0.15) is 5.10 Å². The number of hydrogen-bond acceptors (Lipinski definition) is 4. The van der Waals surface area contributed by atoms with Crippen molar-refractivity contribution in [3.63, 3.8) is 0 Å². The fourth-order valence-corrected chi connectivity index (χ4v) is 1.77. The Balaban J connectivity index is 2.21. The summed E-state index contributed by atoms with van der Waals surface area (Å²) in [7, 11) is 0. The molecule has 3 N–H and O–H groups in total. The quantitative estimate of drug-likeness (QED) is 0.628. The van der Waals surface area contributed by atoms with E-state index in [1.807, 2.05) is 0 Å². The summed E-state index contributed by atoms with van der Waals surface area (Å²) in [5, 5.41) is 15.3. The van der Waals surface area contributed by atoms with Crippen molar-refractivity contribution in [3.8, 4) is 11.3 Å². The molecule has 7 heteroatoms. The molecule has 0 aliphatic rings. The van der Waals surface area contributed by atoms with Crippen LogP contribution in [0.5, 0.6) is 0 Å². The molecule has 90 valence electrons. The monoisotopic (exact) mass is 245 g/mol. The number of nitrogens with zero attached hydrogens (tertiary/aromatic N) is 1. The summed E-state index contributed by atoms with van der Waals surface area (Å²) in [5.74, 6) is -1.63. The zero-order valence-corrected chi connectivity index (χ0v) is 8.93. The summed E-state index contributed by atoms with van der Waals surface area (Å²) in [6, 6.07) is 4.89. The van der Waals surface area contributed by atoms with Crippen LogP contribution in [0.3, 0.4) is 0 Å². The lowest BCUT2D eigenvalue weighted by molar-refractivity contribution is 0.0698. The zero-order chi connectivity index (χ0) is 12.7. The minimum Gasteiger partial charge on any atom is -0.478 e. The number of aromatic nitrogens is 3. The molecule has 0 aliphatic carbocycles. The van der Waals surface area contributed by atoms with Crippen molar-refractivity contribution < 1.29 is 14.3 Å². The van der Waals surface area contributed by atoms with E-state index in [1.54, 1.807) is 18.2 Å². The predicted molar refractivity (Wildman–Crippen MR) is 61.4 cm³/mol. The van der Waals surface area contributed by atoms with Crippen molar-refractivity contribution in [1.29, 1.82) is 0 Å². The molecule has 0 atom stereocenters. The molecule has 0 saturated heterocycles. The average Bonchev–Trinajstić information content (AvgIpc) is 2.91. The number of nitrogens with one attached hydrogen (secondary N) is 2. The van der Waals surface area contributed by atoms with Gasteiger partial charge in [0.25, 0.3) is 0 Å². The van der Waals surface area contributed by atoms with E-state index in [0.29, 0.717) is 22.4 Å². The van der Waals surface area contributed by atoms with Gasteiger partial charge in [0, 0.05) is 5.56 Å². The van der Waals surface area contributed by atoms with Crippen molar-refractivity contribution in [2.24, 2.45) is 0 Å². The maximum Gasteiger partial charge on any atom is 0.417 e. The Labute approximate surface area is 99.1 Å². The molecule has 1 aromatic carbocycles. The molecule has 0 saturated carbocycles. The van der Waals surface area contributed by atoms with E-state index in [4.69, 9.17) is 9.52 Å². The largest absolute Gasteiger partial charge is 0.478 e. The molecule has 3 aromatic rings. The first-order valence-electron chi connectivity index (χ1n) is 5.05. The van der Waals surface area contributed by atoms with Crippen LogP contribution in [0.4, 0.5) is 0 Å². The third-order valence-corrected chi connectivity index (χ3v) is 2.58. The Bertz CT molecular complexity index is 796. The first-order valence-corrected chi connectivity index (χ1v) is 5.05. The number of hydrogen-bond donors (Lipinski definition) is 3. The summed E-state index contributed by atoms with van der Waals surface area (Å²) in [5.41, 5.74) is 1.93. The lowest BCUT2D eigenvalue weighted by Crippen LogP contribution is -1.96. The highest BCUT2D eigenvalue weighted by molar-refractivity contribution is 5.95. The van der Waals surface area contributed by atoms with Crippen LogP contribution in [-0.2, 0) is 0 Å². The fraction of sp³-hybridized carbons (Fsp3) is 0. The maximum atomic E-state index is 11.0.